The molecule has 1 aromatic carbocycles. The summed E-state index contributed by atoms with van der Waals surface area (Å²) in [5.74, 6) is -3.75. The molecule has 1 aromatic heterocycles. The smallest absolute Gasteiger partial charge is 0.344 e. The van der Waals surface area contributed by atoms with Gasteiger partial charge >= 0.3 is 12.0 Å². The first-order chi connectivity index (χ1) is 15.6. The van der Waals surface area contributed by atoms with Gasteiger partial charge in [0.25, 0.3) is 0 Å². The second kappa shape index (κ2) is 12.6. The first kappa shape index (κ1) is 26.7. The van der Waals surface area contributed by atoms with E-state index < -0.39 is 53.4 Å². The molecule has 0 radical (unpaired) electrons. The Morgan fingerprint density at radius 1 is 1.21 bits per heavy atom. The second-order valence-corrected chi connectivity index (χ2v) is 8.56. The maximum absolute atomic E-state index is 13.9. The van der Waals surface area contributed by atoms with Gasteiger partial charge in [-0.15, -0.1) is 0 Å². The van der Waals surface area contributed by atoms with Crippen LogP contribution in [0, 0.1) is 11.6 Å². The number of benzene rings is 1. The van der Waals surface area contributed by atoms with Crippen molar-refractivity contribution >= 4 is 40.1 Å². The summed E-state index contributed by atoms with van der Waals surface area (Å²) in [7, 11) is 0. The van der Waals surface area contributed by atoms with E-state index in [4.69, 9.17) is 16.3 Å². The molecule has 0 saturated heterocycles. The van der Waals surface area contributed by atoms with E-state index in [0.717, 1.165) is 12.1 Å². The lowest BCUT2D eigenvalue weighted by Gasteiger charge is -2.13. The number of hydrogen-bond donors (Lipinski definition) is 5. The van der Waals surface area contributed by atoms with Crippen LogP contribution < -0.4 is 20.7 Å². The standard InChI is InChI=1S/C20H25ClF2N4O5S/c1-10(2)24-5-3-12(28)4-6-25-20(31)26-18-16(19(29)30)17(27-33-18)32-9-13-14(22)7-11(21)8-15(13)23/h7-8,10,12,24,28H,3-6,9H2,1-2H3,(H,29,30)(H2,25,26,31). The summed E-state index contributed by atoms with van der Waals surface area (Å²) < 4.78 is 36.8. The van der Waals surface area contributed by atoms with E-state index >= 15 is 0 Å². The lowest BCUT2D eigenvalue weighted by Crippen LogP contribution is -2.32. The number of nitrogens with one attached hydrogen (secondary N) is 3. The molecule has 33 heavy (non-hydrogen) atoms. The Hall–Kier alpha value is -2.54. The average Bonchev–Trinajstić information content (AvgIpc) is 3.09. The van der Waals surface area contributed by atoms with Crippen molar-refractivity contribution in [1.29, 1.82) is 0 Å². The molecule has 1 atom stereocenters. The van der Waals surface area contributed by atoms with Crippen molar-refractivity contribution in [3.63, 3.8) is 0 Å². The molecule has 1 heterocycles. The Balaban J connectivity index is 1.92. The van der Waals surface area contributed by atoms with Crippen LogP contribution in [-0.2, 0) is 6.61 Å². The number of carboxylic acids is 1. The lowest BCUT2D eigenvalue weighted by molar-refractivity contribution is 0.0693. The molecular formula is C20H25ClF2N4O5S. The summed E-state index contributed by atoms with van der Waals surface area (Å²) in [4.78, 5) is 23.7. The zero-order valence-corrected chi connectivity index (χ0v) is 19.5. The number of rotatable bonds is 12. The Labute approximate surface area is 198 Å². The number of hydrogen-bond acceptors (Lipinski definition) is 7. The van der Waals surface area contributed by atoms with Gasteiger partial charge in [0, 0.05) is 17.6 Å². The molecular weight excluding hydrogens is 482 g/mol. The maximum Gasteiger partial charge on any atom is 0.344 e. The number of aliphatic hydroxyl groups excluding tert-OH is 1. The van der Waals surface area contributed by atoms with Crippen LogP contribution in [0.3, 0.4) is 0 Å². The van der Waals surface area contributed by atoms with Gasteiger partial charge in [-0.25, -0.2) is 18.4 Å². The van der Waals surface area contributed by atoms with Crippen LogP contribution in [0.4, 0.5) is 18.6 Å². The Bertz CT molecular complexity index is 953. The zero-order chi connectivity index (χ0) is 24.5. The summed E-state index contributed by atoms with van der Waals surface area (Å²) in [5.41, 5.74) is -0.900. The summed E-state index contributed by atoms with van der Waals surface area (Å²) in [5, 5.41) is 27.2. The number of halogens is 3. The van der Waals surface area contributed by atoms with Crippen molar-refractivity contribution in [2.75, 3.05) is 18.4 Å². The molecule has 2 amide bonds. The molecule has 9 nitrogen and oxygen atoms in total. The molecule has 0 fully saturated rings. The minimum atomic E-state index is -1.45. The Morgan fingerprint density at radius 3 is 2.45 bits per heavy atom. The number of carbonyl (C=O) groups excluding carboxylic acids is 1. The predicted molar refractivity (Wildman–Crippen MR) is 120 cm³/mol. The molecule has 1 unspecified atom stereocenters. The number of ether oxygens (including phenoxy) is 1. The number of aliphatic hydroxyl groups is 1. The number of carbonyl (C=O) groups is 2. The third-order valence-electron chi connectivity index (χ3n) is 4.35. The van der Waals surface area contributed by atoms with Gasteiger partial charge < -0.3 is 25.6 Å². The first-order valence-corrected chi connectivity index (χ1v) is 11.2. The van der Waals surface area contributed by atoms with Gasteiger partial charge in [0.2, 0.25) is 5.88 Å². The number of amides is 2. The molecule has 0 aliphatic rings. The number of urea groups is 1. The van der Waals surface area contributed by atoms with Crippen molar-refractivity contribution in [1.82, 2.24) is 15.0 Å². The Kier molecular flexibility index (Phi) is 10.2. The summed E-state index contributed by atoms with van der Waals surface area (Å²) in [6.07, 6.45) is 0.228. The minimum absolute atomic E-state index is 0.117. The maximum atomic E-state index is 13.9. The van der Waals surface area contributed by atoms with E-state index in [1.54, 1.807) is 0 Å². The number of carboxylic acid groups (broad SMARTS) is 1. The van der Waals surface area contributed by atoms with E-state index in [0.29, 0.717) is 37.0 Å². The highest BCUT2D eigenvalue weighted by atomic mass is 35.5. The molecule has 0 saturated carbocycles. The third kappa shape index (κ3) is 8.39. The monoisotopic (exact) mass is 506 g/mol. The van der Waals surface area contributed by atoms with Crippen molar-refractivity contribution in [2.24, 2.45) is 0 Å². The van der Waals surface area contributed by atoms with Crippen LogP contribution in [0.2, 0.25) is 5.02 Å². The molecule has 0 aliphatic carbocycles. The SMILES string of the molecule is CC(C)NCCC(O)CCNC(=O)Nc1snc(OCc2c(F)cc(Cl)cc2F)c1C(=O)O. The fourth-order valence-corrected chi connectivity index (χ4v) is 3.60. The Morgan fingerprint density at radius 2 is 1.85 bits per heavy atom. The quantitative estimate of drug-likeness (QED) is 0.297. The van der Waals surface area contributed by atoms with Gasteiger partial charge in [-0.2, -0.15) is 4.37 Å². The van der Waals surface area contributed by atoms with Crippen molar-refractivity contribution < 1.29 is 33.3 Å². The minimum Gasteiger partial charge on any atom is -0.477 e. The molecule has 0 aliphatic heterocycles. The van der Waals surface area contributed by atoms with Gasteiger partial charge in [-0.05, 0) is 43.1 Å². The number of aromatic nitrogens is 1. The largest absolute Gasteiger partial charge is 0.477 e. The van der Waals surface area contributed by atoms with Crippen LogP contribution in [0.1, 0.15) is 42.6 Å². The van der Waals surface area contributed by atoms with E-state index in [9.17, 15) is 28.6 Å². The molecule has 182 valence electrons. The third-order valence-corrected chi connectivity index (χ3v) is 5.32. The number of aromatic carboxylic acids is 1. The van der Waals surface area contributed by atoms with Crippen LogP contribution in [0.5, 0.6) is 5.88 Å². The van der Waals surface area contributed by atoms with Crippen molar-refractivity contribution in [2.45, 2.75) is 45.4 Å². The summed E-state index contributed by atoms with van der Waals surface area (Å²) in [6, 6.07) is 1.41. The fourth-order valence-electron chi connectivity index (χ4n) is 2.68. The molecule has 2 rings (SSSR count). The first-order valence-electron chi connectivity index (χ1n) is 10.0. The number of anilines is 1. The van der Waals surface area contributed by atoms with Gasteiger partial charge in [0.1, 0.15) is 23.2 Å². The van der Waals surface area contributed by atoms with E-state index in [-0.39, 0.29) is 16.6 Å². The van der Waals surface area contributed by atoms with E-state index in [1.165, 1.54) is 0 Å². The molecule has 13 heteroatoms. The fraction of sp³-hybridized carbons (Fsp3) is 0.450. The van der Waals surface area contributed by atoms with Gasteiger partial charge in [-0.3, -0.25) is 5.32 Å². The van der Waals surface area contributed by atoms with Crippen LogP contribution in [0.25, 0.3) is 0 Å². The van der Waals surface area contributed by atoms with Gasteiger partial charge in [-0.1, -0.05) is 25.4 Å². The zero-order valence-electron chi connectivity index (χ0n) is 18.0. The molecule has 2 aromatic rings. The highest BCUT2D eigenvalue weighted by Gasteiger charge is 2.24. The second-order valence-electron chi connectivity index (χ2n) is 7.35. The average molecular weight is 507 g/mol. The molecule has 5 N–H and O–H groups in total. The predicted octanol–water partition coefficient (Wildman–Crippen LogP) is 3.61. The molecule has 0 bridgehead atoms. The highest BCUT2D eigenvalue weighted by molar-refractivity contribution is 7.11. The summed E-state index contributed by atoms with van der Waals surface area (Å²) in [6.45, 7) is 4.16. The number of nitrogens with zero attached hydrogens (tertiary/aromatic N) is 1. The highest BCUT2D eigenvalue weighted by Crippen LogP contribution is 2.31. The lowest BCUT2D eigenvalue weighted by atomic mass is 10.2. The van der Waals surface area contributed by atoms with E-state index in [1.807, 2.05) is 13.8 Å². The van der Waals surface area contributed by atoms with E-state index in [2.05, 4.69) is 20.3 Å². The molecule has 0 spiro atoms. The van der Waals surface area contributed by atoms with Crippen LogP contribution in [-0.4, -0.2) is 51.8 Å². The van der Waals surface area contributed by atoms with Crippen LogP contribution >= 0.6 is 23.1 Å². The normalized spacial score (nSPS) is 12.0. The van der Waals surface area contributed by atoms with Crippen molar-refractivity contribution in [3.8, 4) is 5.88 Å². The van der Waals surface area contributed by atoms with Crippen molar-refractivity contribution in [3.05, 3.63) is 39.9 Å². The summed E-state index contributed by atoms with van der Waals surface area (Å²) >= 11 is 6.21. The van der Waals surface area contributed by atoms with Gasteiger partial charge in [0.15, 0.2) is 5.56 Å². The topological polar surface area (TPSA) is 133 Å². The van der Waals surface area contributed by atoms with Crippen LogP contribution in [0.15, 0.2) is 12.1 Å². The van der Waals surface area contributed by atoms with Gasteiger partial charge in [0.05, 0.1) is 11.7 Å².